The fraction of sp³-hybridized carbons (Fsp3) is 0.429. The quantitative estimate of drug-likeness (QED) is 0.920. The van der Waals surface area contributed by atoms with Crippen LogP contribution < -0.4 is 5.32 Å². The van der Waals surface area contributed by atoms with E-state index in [2.05, 4.69) is 15.4 Å². The Morgan fingerprint density at radius 3 is 2.63 bits per heavy atom. The monoisotopic (exact) mass is 262 g/mol. The third kappa shape index (κ3) is 2.66. The number of rotatable bonds is 4. The van der Waals surface area contributed by atoms with Crippen LogP contribution in [0.1, 0.15) is 29.4 Å². The van der Waals surface area contributed by atoms with Gasteiger partial charge >= 0.3 is 0 Å². The van der Waals surface area contributed by atoms with Crippen molar-refractivity contribution in [2.75, 3.05) is 6.54 Å². The molecule has 2 aromatic heterocycles. The van der Waals surface area contributed by atoms with Crippen LogP contribution >= 0.6 is 0 Å². The van der Waals surface area contributed by atoms with Gasteiger partial charge in [0.25, 0.3) is 0 Å². The van der Waals surface area contributed by atoms with E-state index in [0.29, 0.717) is 12.4 Å². The summed E-state index contributed by atoms with van der Waals surface area (Å²) in [5, 5.41) is 7.68. The Balaban J connectivity index is 2.51. The van der Waals surface area contributed by atoms with E-state index in [4.69, 9.17) is 0 Å². The molecule has 2 heterocycles. The number of halogens is 1. The van der Waals surface area contributed by atoms with Crippen LogP contribution in [0.25, 0.3) is 5.82 Å². The van der Waals surface area contributed by atoms with Crippen LogP contribution in [-0.2, 0) is 6.54 Å². The normalized spacial score (nSPS) is 11.0. The summed E-state index contributed by atoms with van der Waals surface area (Å²) in [7, 11) is 0. The molecule has 0 atom stereocenters. The van der Waals surface area contributed by atoms with Crippen molar-refractivity contribution >= 4 is 0 Å². The first-order valence-corrected chi connectivity index (χ1v) is 6.43. The molecule has 0 saturated heterocycles. The van der Waals surface area contributed by atoms with E-state index in [9.17, 15) is 4.39 Å². The minimum atomic E-state index is -0.324. The molecule has 102 valence electrons. The SMILES string of the molecule is CCNCc1cc(F)cnc1-n1nc(C)c(C)c1C. The van der Waals surface area contributed by atoms with Gasteiger partial charge < -0.3 is 5.32 Å². The van der Waals surface area contributed by atoms with Crippen LogP contribution in [0.3, 0.4) is 0 Å². The van der Waals surface area contributed by atoms with Gasteiger partial charge in [0.15, 0.2) is 5.82 Å². The van der Waals surface area contributed by atoms with E-state index in [0.717, 1.165) is 29.1 Å². The van der Waals surface area contributed by atoms with Crippen molar-refractivity contribution < 1.29 is 4.39 Å². The minimum absolute atomic E-state index is 0.324. The predicted octanol–water partition coefficient (Wildman–Crippen LogP) is 2.44. The molecule has 4 nitrogen and oxygen atoms in total. The highest BCUT2D eigenvalue weighted by Gasteiger charge is 2.14. The molecule has 0 bridgehead atoms. The van der Waals surface area contributed by atoms with E-state index in [1.807, 2.05) is 27.7 Å². The molecule has 2 aromatic rings. The Labute approximate surface area is 112 Å². The fourth-order valence-electron chi connectivity index (χ4n) is 1.98. The molecule has 0 fully saturated rings. The Hall–Kier alpha value is -1.75. The lowest BCUT2D eigenvalue weighted by Gasteiger charge is -2.10. The van der Waals surface area contributed by atoms with Gasteiger partial charge in [0, 0.05) is 17.8 Å². The maximum Gasteiger partial charge on any atom is 0.158 e. The average molecular weight is 262 g/mol. The van der Waals surface area contributed by atoms with Crippen molar-refractivity contribution in [3.63, 3.8) is 0 Å². The van der Waals surface area contributed by atoms with E-state index >= 15 is 0 Å². The lowest BCUT2D eigenvalue weighted by molar-refractivity contribution is 0.609. The molecule has 0 aliphatic carbocycles. The predicted molar refractivity (Wildman–Crippen MR) is 72.9 cm³/mol. The van der Waals surface area contributed by atoms with Gasteiger partial charge in [0.1, 0.15) is 5.82 Å². The van der Waals surface area contributed by atoms with Crippen LogP contribution in [-0.4, -0.2) is 21.3 Å². The molecule has 19 heavy (non-hydrogen) atoms. The minimum Gasteiger partial charge on any atom is -0.313 e. The van der Waals surface area contributed by atoms with Crippen molar-refractivity contribution in [1.82, 2.24) is 20.1 Å². The number of hydrogen-bond acceptors (Lipinski definition) is 3. The van der Waals surface area contributed by atoms with Crippen molar-refractivity contribution in [3.05, 3.63) is 40.6 Å². The highest BCUT2D eigenvalue weighted by Crippen LogP contribution is 2.19. The topological polar surface area (TPSA) is 42.7 Å². The first-order chi connectivity index (χ1) is 9.04. The molecular weight excluding hydrogens is 243 g/mol. The molecule has 0 aliphatic heterocycles. The Morgan fingerprint density at radius 1 is 1.32 bits per heavy atom. The smallest absolute Gasteiger partial charge is 0.158 e. The lowest BCUT2D eigenvalue weighted by atomic mass is 10.2. The summed E-state index contributed by atoms with van der Waals surface area (Å²) in [6.07, 6.45) is 1.23. The maximum absolute atomic E-state index is 13.4. The van der Waals surface area contributed by atoms with Gasteiger partial charge in [-0.1, -0.05) is 6.92 Å². The number of nitrogens with zero attached hydrogens (tertiary/aromatic N) is 3. The Kier molecular flexibility index (Phi) is 3.95. The summed E-state index contributed by atoms with van der Waals surface area (Å²) >= 11 is 0. The van der Waals surface area contributed by atoms with E-state index in [1.54, 1.807) is 4.68 Å². The zero-order valence-corrected chi connectivity index (χ0v) is 11.8. The molecule has 0 spiro atoms. The van der Waals surface area contributed by atoms with Gasteiger partial charge in [-0.15, -0.1) is 0 Å². The second-order valence-corrected chi connectivity index (χ2v) is 4.62. The summed E-state index contributed by atoms with van der Waals surface area (Å²) in [4.78, 5) is 4.20. The summed E-state index contributed by atoms with van der Waals surface area (Å²) in [6, 6.07) is 1.51. The number of nitrogens with one attached hydrogen (secondary N) is 1. The van der Waals surface area contributed by atoms with E-state index < -0.39 is 0 Å². The van der Waals surface area contributed by atoms with Crippen LogP contribution in [0.15, 0.2) is 12.3 Å². The number of aryl methyl sites for hydroxylation is 1. The number of hydrogen-bond donors (Lipinski definition) is 1. The van der Waals surface area contributed by atoms with E-state index in [1.165, 1.54) is 12.3 Å². The van der Waals surface area contributed by atoms with Crippen molar-refractivity contribution in [3.8, 4) is 5.82 Å². The van der Waals surface area contributed by atoms with Crippen LogP contribution in [0.2, 0.25) is 0 Å². The largest absolute Gasteiger partial charge is 0.313 e. The molecule has 0 saturated carbocycles. The average Bonchev–Trinajstić information content (AvgIpc) is 2.64. The van der Waals surface area contributed by atoms with Crippen LogP contribution in [0.4, 0.5) is 4.39 Å². The lowest BCUT2D eigenvalue weighted by Crippen LogP contribution is -2.16. The molecular formula is C14H19FN4. The summed E-state index contributed by atoms with van der Waals surface area (Å²) in [6.45, 7) is 9.41. The first kappa shape index (κ1) is 13.7. The highest BCUT2D eigenvalue weighted by molar-refractivity contribution is 5.37. The number of aromatic nitrogens is 3. The van der Waals surface area contributed by atoms with Gasteiger partial charge in [-0.25, -0.2) is 14.1 Å². The van der Waals surface area contributed by atoms with Crippen LogP contribution in [0.5, 0.6) is 0 Å². The van der Waals surface area contributed by atoms with Gasteiger partial charge in [0.2, 0.25) is 0 Å². The molecule has 1 N–H and O–H groups in total. The highest BCUT2D eigenvalue weighted by atomic mass is 19.1. The molecule has 0 aliphatic rings. The molecule has 0 radical (unpaired) electrons. The van der Waals surface area contributed by atoms with Crippen molar-refractivity contribution in [2.24, 2.45) is 0 Å². The van der Waals surface area contributed by atoms with Crippen molar-refractivity contribution in [1.29, 1.82) is 0 Å². The van der Waals surface area contributed by atoms with E-state index in [-0.39, 0.29) is 5.82 Å². The molecule has 0 amide bonds. The summed E-state index contributed by atoms with van der Waals surface area (Å²) < 4.78 is 15.1. The second kappa shape index (κ2) is 5.48. The number of pyridine rings is 1. The van der Waals surface area contributed by atoms with Crippen LogP contribution in [0, 0.1) is 26.6 Å². The second-order valence-electron chi connectivity index (χ2n) is 4.62. The van der Waals surface area contributed by atoms with Gasteiger partial charge in [-0.05, 0) is 38.9 Å². The zero-order valence-electron chi connectivity index (χ0n) is 11.8. The van der Waals surface area contributed by atoms with Gasteiger partial charge in [-0.3, -0.25) is 0 Å². The Morgan fingerprint density at radius 2 is 2.05 bits per heavy atom. The Bertz CT molecular complexity index is 589. The molecule has 0 aromatic carbocycles. The summed E-state index contributed by atoms with van der Waals surface area (Å²) in [5.41, 5.74) is 3.96. The third-order valence-corrected chi connectivity index (χ3v) is 3.33. The standard InChI is InChI=1S/C14H19FN4/c1-5-16-7-12-6-13(15)8-17-14(12)19-11(4)9(2)10(3)18-19/h6,8,16H,5,7H2,1-4H3. The fourth-order valence-corrected chi connectivity index (χ4v) is 1.98. The third-order valence-electron chi connectivity index (χ3n) is 3.33. The molecule has 0 unspecified atom stereocenters. The first-order valence-electron chi connectivity index (χ1n) is 6.43. The van der Waals surface area contributed by atoms with Gasteiger partial charge in [-0.2, -0.15) is 5.10 Å². The summed E-state index contributed by atoms with van der Waals surface area (Å²) in [5.74, 6) is 0.367. The zero-order chi connectivity index (χ0) is 14.0. The van der Waals surface area contributed by atoms with Gasteiger partial charge in [0.05, 0.1) is 11.9 Å². The van der Waals surface area contributed by atoms with Crippen molar-refractivity contribution in [2.45, 2.75) is 34.2 Å². The molecule has 2 rings (SSSR count). The maximum atomic E-state index is 13.4. The molecule has 5 heteroatoms.